The van der Waals surface area contributed by atoms with Crippen molar-refractivity contribution in [3.8, 4) is 5.75 Å². The Morgan fingerprint density at radius 2 is 2.29 bits per heavy atom. The number of hydrogen-bond acceptors (Lipinski definition) is 3. The number of carbonyl (C=O) groups is 1. The quantitative estimate of drug-likeness (QED) is 0.841. The minimum absolute atomic E-state index is 0.227. The molecule has 1 saturated carbocycles. The third kappa shape index (κ3) is 2.88. The summed E-state index contributed by atoms with van der Waals surface area (Å²) in [6, 6.07) is 6.09. The van der Waals surface area contributed by atoms with Crippen LogP contribution in [0.25, 0.3) is 5.57 Å². The molecule has 124 valence electrons. The lowest BCUT2D eigenvalue weighted by molar-refractivity contribution is -0.119. The summed E-state index contributed by atoms with van der Waals surface area (Å²) in [5.74, 6) is 1.38. The van der Waals surface area contributed by atoms with Crippen LogP contribution in [-0.2, 0) is 4.79 Å². The number of amides is 1. The summed E-state index contributed by atoms with van der Waals surface area (Å²) in [5.41, 5.74) is 4.31. The summed E-state index contributed by atoms with van der Waals surface area (Å²) in [5, 5.41) is 0. The van der Waals surface area contributed by atoms with Gasteiger partial charge in [-0.15, -0.1) is 0 Å². The van der Waals surface area contributed by atoms with Crippen molar-refractivity contribution in [1.82, 2.24) is 0 Å². The van der Waals surface area contributed by atoms with Crippen molar-refractivity contribution in [2.24, 2.45) is 10.9 Å². The molecule has 1 amide bonds. The van der Waals surface area contributed by atoms with E-state index < -0.39 is 0 Å². The molecule has 1 fully saturated rings. The van der Waals surface area contributed by atoms with Crippen LogP contribution in [0, 0.1) is 5.92 Å². The van der Waals surface area contributed by atoms with Gasteiger partial charge in [0.1, 0.15) is 5.75 Å². The fraction of sp³-hybridized carbons (Fsp3) is 0.400. The summed E-state index contributed by atoms with van der Waals surface area (Å²) in [6.07, 6.45) is 10.0. The summed E-state index contributed by atoms with van der Waals surface area (Å²) >= 11 is 0. The Labute approximate surface area is 142 Å². The molecule has 1 aromatic rings. The van der Waals surface area contributed by atoms with Crippen LogP contribution in [0.2, 0.25) is 0 Å². The van der Waals surface area contributed by atoms with Gasteiger partial charge < -0.3 is 9.64 Å². The summed E-state index contributed by atoms with van der Waals surface area (Å²) in [6.45, 7) is 3.42. The van der Waals surface area contributed by atoms with Gasteiger partial charge in [0, 0.05) is 42.8 Å². The van der Waals surface area contributed by atoms with Crippen molar-refractivity contribution in [2.75, 3.05) is 18.1 Å². The zero-order chi connectivity index (χ0) is 16.5. The molecule has 0 atom stereocenters. The molecule has 0 unspecified atom stereocenters. The average molecular weight is 322 g/mol. The van der Waals surface area contributed by atoms with E-state index in [9.17, 15) is 4.79 Å². The topological polar surface area (TPSA) is 41.9 Å². The molecule has 4 heteroatoms. The molecular formula is C20H22N2O2. The van der Waals surface area contributed by atoms with E-state index in [1.165, 1.54) is 5.57 Å². The number of benzene rings is 1. The standard InChI is InChI=1S/C20H22N2O2/c1-2-22(20(23)14-5-6-14)17-7-8-19-18(13-17)15(9-11-24-19)12-16-4-3-10-21-16/h4,7-8,10,12-14H,2-3,5-6,9,11H2,1H3/b15-12+. The van der Waals surface area contributed by atoms with E-state index in [2.05, 4.69) is 23.2 Å². The first-order chi connectivity index (χ1) is 11.8. The second-order valence-corrected chi connectivity index (χ2v) is 6.48. The van der Waals surface area contributed by atoms with Crippen LogP contribution in [0.15, 0.2) is 41.0 Å². The van der Waals surface area contributed by atoms with Crippen LogP contribution in [0.4, 0.5) is 5.69 Å². The summed E-state index contributed by atoms with van der Waals surface area (Å²) in [7, 11) is 0. The van der Waals surface area contributed by atoms with Crippen molar-refractivity contribution in [3.05, 3.63) is 41.6 Å². The highest BCUT2D eigenvalue weighted by molar-refractivity contribution is 5.97. The fourth-order valence-electron chi connectivity index (χ4n) is 3.29. The number of allylic oxidation sites excluding steroid dienone is 2. The number of fused-ring (bicyclic) bond motifs is 1. The molecule has 2 heterocycles. The zero-order valence-electron chi connectivity index (χ0n) is 14.0. The predicted octanol–water partition coefficient (Wildman–Crippen LogP) is 3.97. The molecule has 0 bridgehead atoms. The third-order valence-corrected chi connectivity index (χ3v) is 4.75. The number of anilines is 1. The first-order valence-corrected chi connectivity index (χ1v) is 8.78. The minimum Gasteiger partial charge on any atom is -0.493 e. The van der Waals surface area contributed by atoms with Crippen molar-refractivity contribution in [2.45, 2.75) is 32.6 Å². The first-order valence-electron chi connectivity index (χ1n) is 8.78. The van der Waals surface area contributed by atoms with Crippen LogP contribution in [0.1, 0.15) is 38.2 Å². The van der Waals surface area contributed by atoms with Crippen LogP contribution in [-0.4, -0.2) is 25.3 Å². The van der Waals surface area contributed by atoms with Gasteiger partial charge in [-0.05, 0) is 49.6 Å². The molecule has 3 aliphatic rings. The molecule has 1 aliphatic carbocycles. The largest absolute Gasteiger partial charge is 0.493 e. The van der Waals surface area contributed by atoms with Gasteiger partial charge in [-0.1, -0.05) is 6.08 Å². The normalized spacial score (nSPS) is 20.5. The maximum atomic E-state index is 12.5. The highest BCUT2D eigenvalue weighted by Crippen LogP contribution is 2.38. The zero-order valence-corrected chi connectivity index (χ0v) is 14.0. The van der Waals surface area contributed by atoms with Crippen LogP contribution in [0.5, 0.6) is 5.75 Å². The van der Waals surface area contributed by atoms with Crippen LogP contribution in [0.3, 0.4) is 0 Å². The Morgan fingerprint density at radius 3 is 3.00 bits per heavy atom. The maximum absolute atomic E-state index is 12.5. The van der Waals surface area contributed by atoms with Gasteiger partial charge in [0.05, 0.1) is 12.3 Å². The lowest BCUT2D eigenvalue weighted by atomic mass is 9.97. The molecule has 4 nitrogen and oxygen atoms in total. The molecule has 0 spiro atoms. The fourth-order valence-corrected chi connectivity index (χ4v) is 3.29. The van der Waals surface area contributed by atoms with Gasteiger partial charge in [0.2, 0.25) is 5.91 Å². The molecule has 24 heavy (non-hydrogen) atoms. The van der Waals surface area contributed by atoms with E-state index >= 15 is 0 Å². The Balaban J connectivity index is 1.69. The summed E-state index contributed by atoms with van der Waals surface area (Å²) < 4.78 is 5.80. The highest BCUT2D eigenvalue weighted by atomic mass is 16.5. The molecule has 2 aliphatic heterocycles. The van der Waals surface area contributed by atoms with Gasteiger partial charge in [-0.3, -0.25) is 9.79 Å². The minimum atomic E-state index is 0.227. The third-order valence-electron chi connectivity index (χ3n) is 4.75. The SMILES string of the molecule is CCN(C(=O)C1CC1)c1ccc2c(c1)/C(=C/C1=CCC=N1)CCO2. The Kier molecular flexibility index (Phi) is 3.97. The molecule has 1 aromatic carbocycles. The smallest absolute Gasteiger partial charge is 0.230 e. The number of ether oxygens (including phenoxy) is 1. The van der Waals surface area contributed by atoms with Crippen LogP contribution >= 0.6 is 0 Å². The lowest BCUT2D eigenvalue weighted by Crippen LogP contribution is -2.32. The Hall–Kier alpha value is -2.36. The molecule has 0 radical (unpaired) electrons. The van der Waals surface area contributed by atoms with Crippen LogP contribution < -0.4 is 9.64 Å². The lowest BCUT2D eigenvalue weighted by Gasteiger charge is -2.25. The van der Waals surface area contributed by atoms with E-state index in [1.807, 2.05) is 30.2 Å². The Morgan fingerprint density at radius 1 is 1.42 bits per heavy atom. The van der Waals surface area contributed by atoms with Gasteiger partial charge in [-0.2, -0.15) is 0 Å². The van der Waals surface area contributed by atoms with E-state index in [4.69, 9.17) is 4.74 Å². The number of nitrogens with zero attached hydrogens (tertiary/aromatic N) is 2. The van der Waals surface area contributed by atoms with Crippen molar-refractivity contribution in [3.63, 3.8) is 0 Å². The summed E-state index contributed by atoms with van der Waals surface area (Å²) in [4.78, 5) is 18.8. The molecular weight excluding hydrogens is 300 g/mol. The molecule has 0 N–H and O–H groups in total. The van der Waals surface area contributed by atoms with E-state index in [0.717, 1.165) is 48.4 Å². The van der Waals surface area contributed by atoms with Crippen molar-refractivity contribution in [1.29, 1.82) is 0 Å². The van der Waals surface area contributed by atoms with Gasteiger partial charge in [0.15, 0.2) is 0 Å². The Bertz CT molecular complexity index is 757. The first kappa shape index (κ1) is 15.2. The van der Waals surface area contributed by atoms with E-state index in [0.29, 0.717) is 13.2 Å². The number of aliphatic imine (C=N–C) groups is 1. The van der Waals surface area contributed by atoms with Crippen molar-refractivity contribution >= 4 is 23.4 Å². The second-order valence-electron chi connectivity index (χ2n) is 6.48. The van der Waals surface area contributed by atoms with Gasteiger partial charge in [-0.25, -0.2) is 0 Å². The average Bonchev–Trinajstić information content (AvgIpc) is 3.34. The predicted molar refractivity (Wildman–Crippen MR) is 96.5 cm³/mol. The maximum Gasteiger partial charge on any atom is 0.230 e. The molecule has 4 rings (SSSR count). The number of rotatable bonds is 4. The second kappa shape index (κ2) is 6.27. The molecule has 0 saturated heterocycles. The van der Waals surface area contributed by atoms with E-state index in [-0.39, 0.29) is 11.8 Å². The van der Waals surface area contributed by atoms with Gasteiger partial charge >= 0.3 is 0 Å². The number of hydrogen-bond donors (Lipinski definition) is 0. The monoisotopic (exact) mass is 322 g/mol. The van der Waals surface area contributed by atoms with Crippen molar-refractivity contribution < 1.29 is 9.53 Å². The van der Waals surface area contributed by atoms with E-state index in [1.54, 1.807) is 0 Å². The number of carbonyl (C=O) groups excluding carboxylic acids is 1. The van der Waals surface area contributed by atoms with Gasteiger partial charge in [0.25, 0.3) is 0 Å². The highest BCUT2D eigenvalue weighted by Gasteiger charge is 2.33. The molecule has 0 aromatic heterocycles.